The Morgan fingerprint density at radius 1 is 1.00 bits per heavy atom. The van der Waals surface area contributed by atoms with Gasteiger partial charge >= 0.3 is 0 Å². The van der Waals surface area contributed by atoms with Crippen LogP contribution in [0.1, 0.15) is 0 Å². The normalized spacial score (nSPS) is 11.0. The zero-order chi connectivity index (χ0) is 21.8. The van der Waals surface area contributed by atoms with Gasteiger partial charge in [-0.05, 0) is 42.0 Å². The Balaban J connectivity index is 1.94. The molecule has 8 heteroatoms. The van der Waals surface area contributed by atoms with Gasteiger partial charge in [0.1, 0.15) is 28.7 Å². The van der Waals surface area contributed by atoms with Crippen molar-refractivity contribution < 1.29 is 18.3 Å². The number of hydrogen-bond donors (Lipinski definition) is 1. The first-order chi connectivity index (χ1) is 15.1. The average molecular weight is 422 g/mol. The maximum Gasteiger partial charge on any atom is 0.163 e. The van der Waals surface area contributed by atoms with E-state index >= 15 is 0 Å². The number of anilines is 1. The Morgan fingerprint density at radius 2 is 1.87 bits per heavy atom. The van der Waals surface area contributed by atoms with Crippen molar-refractivity contribution in [1.82, 2.24) is 15.0 Å². The number of nitrogens with zero attached hydrogens (tertiary/aromatic N) is 3. The van der Waals surface area contributed by atoms with Crippen molar-refractivity contribution in [3.63, 3.8) is 0 Å². The first-order valence-electron chi connectivity index (χ1n) is 9.59. The van der Waals surface area contributed by atoms with Crippen LogP contribution < -0.4 is 10.1 Å². The molecule has 0 radical (unpaired) electrons. The summed E-state index contributed by atoms with van der Waals surface area (Å²) in [5.41, 5.74) is 2.08. The van der Waals surface area contributed by atoms with Crippen LogP contribution >= 0.6 is 0 Å². The molecule has 0 aliphatic rings. The first-order valence-corrected chi connectivity index (χ1v) is 9.59. The van der Waals surface area contributed by atoms with Crippen LogP contribution in [-0.4, -0.2) is 42.3 Å². The third kappa shape index (κ3) is 4.29. The van der Waals surface area contributed by atoms with Gasteiger partial charge in [0.2, 0.25) is 0 Å². The molecule has 4 aromatic rings. The molecule has 0 saturated carbocycles. The van der Waals surface area contributed by atoms with E-state index in [0.717, 1.165) is 11.6 Å². The predicted molar refractivity (Wildman–Crippen MR) is 115 cm³/mol. The van der Waals surface area contributed by atoms with Crippen LogP contribution in [0.3, 0.4) is 0 Å². The minimum Gasteiger partial charge on any atom is -0.494 e. The second kappa shape index (κ2) is 9.01. The third-order valence-corrected chi connectivity index (χ3v) is 4.75. The summed E-state index contributed by atoms with van der Waals surface area (Å²) in [7, 11) is 3.13. The van der Waals surface area contributed by atoms with E-state index in [1.165, 1.54) is 19.2 Å². The van der Waals surface area contributed by atoms with Crippen molar-refractivity contribution in [3.05, 3.63) is 66.5 Å². The topological polar surface area (TPSA) is 69.2 Å². The lowest BCUT2D eigenvalue weighted by atomic mass is 10.0. The van der Waals surface area contributed by atoms with E-state index in [2.05, 4.69) is 20.3 Å². The van der Waals surface area contributed by atoms with Crippen LogP contribution in [0, 0.1) is 11.6 Å². The van der Waals surface area contributed by atoms with Crippen molar-refractivity contribution in [1.29, 1.82) is 0 Å². The Kier molecular flexibility index (Phi) is 5.99. The summed E-state index contributed by atoms with van der Waals surface area (Å²) in [6.07, 6.45) is 3.35. The highest BCUT2D eigenvalue weighted by atomic mass is 19.1. The number of halogens is 2. The van der Waals surface area contributed by atoms with Crippen LogP contribution in [0.25, 0.3) is 33.4 Å². The second-order valence-corrected chi connectivity index (χ2v) is 6.76. The van der Waals surface area contributed by atoms with Gasteiger partial charge in [-0.25, -0.2) is 18.7 Å². The van der Waals surface area contributed by atoms with Crippen LogP contribution in [0.4, 0.5) is 14.6 Å². The molecule has 0 aliphatic carbocycles. The number of ether oxygens (including phenoxy) is 2. The lowest BCUT2D eigenvalue weighted by molar-refractivity contribution is 0.210. The smallest absolute Gasteiger partial charge is 0.163 e. The molecule has 0 bridgehead atoms. The number of rotatable bonds is 7. The highest BCUT2D eigenvalue weighted by Gasteiger charge is 2.17. The molecule has 31 heavy (non-hydrogen) atoms. The van der Waals surface area contributed by atoms with Crippen LogP contribution in [0.5, 0.6) is 5.75 Å². The minimum atomic E-state index is -0.664. The van der Waals surface area contributed by atoms with Gasteiger partial charge in [-0.2, -0.15) is 0 Å². The summed E-state index contributed by atoms with van der Waals surface area (Å²) >= 11 is 0. The van der Waals surface area contributed by atoms with Gasteiger partial charge in [0, 0.05) is 48.6 Å². The molecule has 0 amide bonds. The molecule has 0 unspecified atom stereocenters. The van der Waals surface area contributed by atoms with E-state index in [0.29, 0.717) is 47.0 Å². The summed E-state index contributed by atoms with van der Waals surface area (Å²) in [5.74, 6) is 0.158. The Hall–Kier alpha value is -3.65. The molecule has 1 N–H and O–H groups in total. The van der Waals surface area contributed by atoms with Crippen molar-refractivity contribution >= 4 is 16.7 Å². The molecule has 158 valence electrons. The van der Waals surface area contributed by atoms with E-state index in [1.807, 2.05) is 6.07 Å². The van der Waals surface area contributed by atoms with Crippen LogP contribution in [-0.2, 0) is 4.74 Å². The average Bonchev–Trinajstić information content (AvgIpc) is 2.79. The Bertz CT molecular complexity index is 1220. The monoisotopic (exact) mass is 422 g/mol. The van der Waals surface area contributed by atoms with Crippen molar-refractivity contribution in [2.24, 2.45) is 0 Å². The van der Waals surface area contributed by atoms with Gasteiger partial charge < -0.3 is 14.8 Å². The lowest BCUT2D eigenvalue weighted by Crippen LogP contribution is -2.10. The maximum atomic E-state index is 14.5. The first kappa shape index (κ1) is 20.6. The zero-order valence-corrected chi connectivity index (χ0v) is 17.0. The fraction of sp³-hybridized carbons (Fsp3) is 0.174. The van der Waals surface area contributed by atoms with E-state index in [1.54, 1.807) is 37.7 Å². The highest BCUT2D eigenvalue weighted by Crippen LogP contribution is 2.36. The summed E-state index contributed by atoms with van der Waals surface area (Å²) in [4.78, 5) is 13.5. The third-order valence-electron chi connectivity index (χ3n) is 4.75. The Morgan fingerprint density at radius 3 is 2.58 bits per heavy atom. The molecule has 0 atom stereocenters. The van der Waals surface area contributed by atoms with Gasteiger partial charge in [-0.1, -0.05) is 0 Å². The molecule has 4 rings (SSSR count). The van der Waals surface area contributed by atoms with Crippen molar-refractivity contribution in [2.45, 2.75) is 0 Å². The molecule has 2 heterocycles. The van der Waals surface area contributed by atoms with Gasteiger partial charge in [-0.15, -0.1) is 0 Å². The molecule has 6 nitrogen and oxygen atoms in total. The second-order valence-electron chi connectivity index (χ2n) is 6.76. The molecule has 0 saturated heterocycles. The van der Waals surface area contributed by atoms with Crippen LogP contribution in [0.2, 0.25) is 0 Å². The maximum absolute atomic E-state index is 14.5. The summed E-state index contributed by atoms with van der Waals surface area (Å²) in [6.45, 7) is 0.976. The zero-order valence-electron chi connectivity index (χ0n) is 17.0. The van der Waals surface area contributed by atoms with E-state index in [9.17, 15) is 8.78 Å². The molecule has 2 aromatic heterocycles. The largest absolute Gasteiger partial charge is 0.494 e. The quantitative estimate of drug-likeness (QED) is 0.435. The van der Waals surface area contributed by atoms with Gasteiger partial charge in [0.05, 0.1) is 13.7 Å². The van der Waals surface area contributed by atoms with Crippen LogP contribution in [0.15, 0.2) is 54.9 Å². The molecular formula is C23H20F2N4O2. The van der Waals surface area contributed by atoms with Gasteiger partial charge in [-0.3, -0.25) is 4.98 Å². The summed E-state index contributed by atoms with van der Waals surface area (Å²) in [5, 5.41) is 3.89. The SMILES string of the molecule is COCCNc1nc(-c2cccnc2)nc2c(OC)cc(-c3ccc(F)cc3F)cc12. The molecule has 0 aliphatic heterocycles. The van der Waals surface area contributed by atoms with E-state index in [4.69, 9.17) is 9.47 Å². The molecule has 0 fully saturated rings. The number of pyridine rings is 1. The standard InChI is InChI=1S/C23H20F2N4O2/c1-30-9-8-27-23-18-10-15(17-6-5-16(24)12-19(17)25)11-20(31-2)21(18)28-22(29-23)14-4-3-7-26-13-14/h3-7,10-13H,8-9H2,1-2H3,(H,27,28,29). The highest BCUT2D eigenvalue weighted by molar-refractivity contribution is 5.97. The predicted octanol–water partition coefficient (Wildman–Crippen LogP) is 4.70. The van der Waals surface area contributed by atoms with Crippen molar-refractivity contribution in [2.75, 3.05) is 32.7 Å². The number of benzene rings is 2. The van der Waals surface area contributed by atoms with Gasteiger partial charge in [0.15, 0.2) is 5.82 Å². The number of fused-ring (bicyclic) bond motifs is 1. The molecular weight excluding hydrogens is 402 g/mol. The number of hydrogen-bond acceptors (Lipinski definition) is 6. The summed E-state index contributed by atoms with van der Waals surface area (Å²) in [6, 6.07) is 10.6. The fourth-order valence-corrected chi connectivity index (χ4v) is 3.27. The van der Waals surface area contributed by atoms with E-state index < -0.39 is 11.6 Å². The molecule has 2 aromatic carbocycles. The van der Waals surface area contributed by atoms with Crippen molar-refractivity contribution in [3.8, 4) is 28.3 Å². The lowest BCUT2D eigenvalue weighted by Gasteiger charge is -2.15. The number of nitrogens with one attached hydrogen (secondary N) is 1. The Labute approximate surface area is 177 Å². The van der Waals surface area contributed by atoms with E-state index in [-0.39, 0.29) is 5.56 Å². The van der Waals surface area contributed by atoms with Gasteiger partial charge in [0.25, 0.3) is 0 Å². The number of methoxy groups -OCH3 is 2. The summed E-state index contributed by atoms with van der Waals surface area (Å²) < 4.78 is 38.5. The fourth-order valence-electron chi connectivity index (χ4n) is 3.27. The molecule has 0 spiro atoms. The minimum absolute atomic E-state index is 0.251. The number of aromatic nitrogens is 3.